The number of nitrogens with one attached hydrogen (secondary N) is 1. The summed E-state index contributed by atoms with van der Waals surface area (Å²) in [4.78, 5) is 13.5. The van der Waals surface area contributed by atoms with Crippen LogP contribution in [0.1, 0.15) is 24.2 Å². The summed E-state index contributed by atoms with van der Waals surface area (Å²) in [6, 6.07) is 13.0. The molecule has 0 saturated heterocycles. The molecule has 0 fully saturated rings. The van der Waals surface area contributed by atoms with E-state index in [0.717, 1.165) is 10.6 Å². The average Bonchev–Trinajstić information content (AvgIpc) is 2.59. The molecular formula is C19H23NO3S. The van der Waals surface area contributed by atoms with Crippen LogP contribution in [-0.2, 0) is 0 Å². The van der Waals surface area contributed by atoms with Crippen molar-refractivity contribution in [2.75, 3.05) is 25.3 Å². The molecule has 4 nitrogen and oxygen atoms in total. The lowest BCUT2D eigenvalue weighted by atomic mass is 10.1. The maximum atomic E-state index is 12.4. The molecule has 0 aliphatic heterocycles. The molecular weight excluding hydrogens is 322 g/mol. The predicted octanol–water partition coefficient (Wildman–Crippen LogP) is 4.70. The number of hydrogen-bond acceptors (Lipinski definition) is 4. The van der Waals surface area contributed by atoms with Crippen LogP contribution in [0.2, 0.25) is 0 Å². The molecule has 2 aromatic carbocycles. The number of carbonyl (C=O) groups excluding carboxylic acids is 1. The van der Waals surface area contributed by atoms with Gasteiger partial charge in [-0.05, 0) is 48.6 Å². The molecule has 0 spiro atoms. The zero-order valence-electron chi connectivity index (χ0n) is 14.5. The van der Waals surface area contributed by atoms with Gasteiger partial charge in [-0.2, -0.15) is 0 Å². The third-order valence-electron chi connectivity index (χ3n) is 3.33. The SMILES string of the molecule is COc1cc(C(=O)Nc2cccc(SC)c2)ccc1OCC(C)C. The van der Waals surface area contributed by atoms with Gasteiger partial charge in [0.05, 0.1) is 13.7 Å². The van der Waals surface area contributed by atoms with E-state index in [2.05, 4.69) is 19.2 Å². The maximum Gasteiger partial charge on any atom is 0.255 e. The Morgan fingerprint density at radius 2 is 1.96 bits per heavy atom. The molecule has 0 heterocycles. The molecule has 0 unspecified atom stereocenters. The number of hydrogen-bond donors (Lipinski definition) is 1. The van der Waals surface area contributed by atoms with E-state index in [-0.39, 0.29) is 5.91 Å². The Hall–Kier alpha value is -2.14. The average molecular weight is 345 g/mol. The van der Waals surface area contributed by atoms with Crippen LogP contribution in [0.25, 0.3) is 0 Å². The third kappa shape index (κ3) is 4.93. The lowest BCUT2D eigenvalue weighted by Crippen LogP contribution is -2.12. The van der Waals surface area contributed by atoms with Gasteiger partial charge in [0.15, 0.2) is 11.5 Å². The fourth-order valence-corrected chi connectivity index (χ4v) is 2.55. The summed E-state index contributed by atoms with van der Waals surface area (Å²) in [5, 5.41) is 2.91. The minimum atomic E-state index is -0.179. The number of ether oxygens (including phenoxy) is 2. The molecule has 1 N–H and O–H groups in total. The van der Waals surface area contributed by atoms with Crippen molar-refractivity contribution in [2.24, 2.45) is 5.92 Å². The second-order valence-corrected chi connectivity index (χ2v) is 6.64. The molecule has 0 aliphatic rings. The van der Waals surface area contributed by atoms with Crippen molar-refractivity contribution in [1.29, 1.82) is 0 Å². The lowest BCUT2D eigenvalue weighted by Gasteiger charge is -2.13. The maximum absolute atomic E-state index is 12.4. The van der Waals surface area contributed by atoms with Gasteiger partial charge in [0, 0.05) is 16.1 Å². The number of benzene rings is 2. The van der Waals surface area contributed by atoms with E-state index in [1.165, 1.54) is 0 Å². The number of thioether (sulfide) groups is 1. The van der Waals surface area contributed by atoms with E-state index in [9.17, 15) is 4.79 Å². The standard InChI is InChI=1S/C19H23NO3S/c1-13(2)12-23-17-9-8-14(10-18(17)22-3)19(21)20-15-6-5-7-16(11-15)24-4/h5-11,13H,12H2,1-4H3,(H,20,21). The number of carbonyl (C=O) groups is 1. The fourth-order valence-electron chi connectivity index (χ4n) is 2.09. The van der Waals surface area contributed by atoms with Gasteiger partial charge in [-0.15, -0.1) is 11.8 Å². The highest BCUT2D eigenvalue weighted by Gasteiger charge is 2.12. The summed E-state index contributed by atoms with van der Waals surface area (Å²) in [5.74, 6) is 1.44. The lowest BCUT2D eigenvalue weighted by molar-refractivity contribution is 0.102. The minimum Gasteiger partial charge on any atom is -0.493 e. The monoisotopic (exact) mass is 345 g/mol. The van der Waals surface area contributed by atoms with Gasteiger partial charge in [0.1, 0.15) is 0 Å². The van der Waals surface area contributed by atoms with Crippen molar-refractivity contribution in [3.63, 3.8) is 0 Å². The third-order valence-corrected chi connectivity index (χ3v) is 4.05. The number of amides is 1. The van der Waals surface area contributed by atoms with Crippen molar-refractivity contribution in [1.82, 2.24) is 0 Å². The molecule has 128 valence electrons. The quantitative estimate of drug-likeness (QED) is 0.739. The Bertz CT molecular complexity index is 701. The predicted molar refractivity (Wildman–Crippen MR) is 99.5 cm³/mol. The van der Waals surface area contributed by atoms with E-state index in [1.807, 2.05) is 30.5 Å². The summed E-state index contributed by atoms with van der Waals surface area (Å²) in [5.41, 5.74) is 1.30. The molecule has 0 bridgehead atoms. The summed E-state index contributed by atoms with van der Waals surface area (Å²) in [6.07, 6.45) is 2.00. The highest BCUT2D eigenvalue weighted by molar-refractivity contribution is 7.98. The Balaban J connectivity index is 2.14. The highest BCUT2D eigenvalue weighted by atomic mass is 32.2. The van der Waals surface area contributed by atoms with Crippen LogP contribution in [0.15, 0.2) is 47.4 Å². The molecule has 5 heteroatoms. The molecule has 2 rings (SSSR count). The van der Waals surface area contributed by atoms with Crippen molar-refractivity contribution < 1.29 is 14.3 Å². The summed E-state index contributed by atoms with van der Waals surface area (Å²) < 4.78 is 11.1. The van der Waals surface area contributed by atoms with E-state index >= 15 is 0 Å². The topological polar surface area (TPSA) is 47.6 Å². The van der Waals surface area contributed by atoms with Gasteiger partial charge < -0.3 is 14.8 Å². The second-order valence-electron chi connectivity index (χ2n) is 5.76. The number of methoxy groups -OCH3 is 1. The van der Waals surface area contributed by atoms with Gasteiger partial charge in [-0.1, -0.05) is 19.9 Å². The summed E-state index contributed by atoms with van der Waals surface area (Å²) >= 11 is 1.63. The van der Waals surface area contributed by atoms with Crippen LogP contribution in [-0.4, -0.2) is 25.9 Å². The Kier molecular flexibility index (Phi) is 6.55. The zero-order chi connectivity index (χ0) is 17.5. The van der Waals surface area contributed by atoms with E-state index in [4.69, 9.17) is 9.47 Å². The number of anilines is 1. The zero-order valence-corrected chi connectivity index (χ0v) is 15.3. The smallest absolute Gasteiger partial charge is 0.255 e. The Morgan fingerprint density at radius 1 is 1.17 bits per heavy atom. The van der Waals surface area contributed by atoms with Gasteiger partial charge in [-0.3, -0.25) is 4.79 Å². The summed E-state index contributed by atoms with van der Waals surface area (Å²) in [7, 11) is 1.57. The van der Waals surface area contributed by atoms with Gasteiger partial charge >= 0.3 is 0 Å². The molecule has 0 saturated carbocycles. The van der Waals surface area contributed by atoms with Crippen molar-refractivity contribution in [2.45, 2.75) is 18.7 Å². The number of rotatable bonds is 7. The molecule has 0 atom stereocenters. The largest absolute Gasteiger partial charge is 0.493 e. The molecule has 0 radical (unpaired) electrons. The van der Waals surface area contributed by atoms with Crippen LogP contribution in [0.3, 0.4) is 0 Å². The van der Waals surface area contributed by atoms with Crippen molar-refractivity contribution >= 4 is 23.4 Å². The fraction of sp³-hybridized carbons (Fsp3) is 0.316. The van der Waals surface area contributed by atoms with E-state index in [0.29, 0.717) is 29.6 Å². The Labute approximate surface area is 147 Å². The van der Waals surface area contributed by atoms with Crippen molar-refractivity contribution in [3.8, 4) is 11.5 Å². The highest BCUT2D eigenvalue weighted by Crippen LogP contribution is 2.29. The first kappa shape index (κ1) is 18.2. The van der Waals surface area contributed by atoms with Crippen molar-refractivity contribution in [3.05, 3.63) is 48.0 Å². The van der Waals surface area contributed by atoms with Crippen LogP contribution in [0.5, 0.6) is 11.5 Å². The van der Waals surface area contributed by atoms with Crippen LogP contribution in [0, 0.1) is 5.92 Å². The van der Waals surface area contributed by atoms with E-state index in [1.54, 1.807) is 37.1 Å². The first-order chi connectivity index (χ1) is 11.5. The summed E-state index contributed by atoms with van der Waals surface area (Å²) in [6.45, 7) is 4.76. The molecule has 0 aromatic heterocycles. The van der Waals surface area contributed by atoms with Gasteiger partial charge in [-0.25, -0.2) is 0 Å². The van der Waals surface area contributed by atoms with Gasteiger partial charge in [0.25, 0.3) is 5.91 Å². The molecule has 2 aromatic rings. The van der Waals surface area contributed by atoms with Crippen LogP contribution < -0.4 is 14.8 Å². The molecule has 1 amide bonds. The molecule has 0 aliphatic carbocycles. The second kappa shape index (κ2) is 8.64. The van der Waals surface area contributed by atoms with E-state index < -0.39 is 0 Å². The first-order valence-electron chi connectivity index (χ1n) is 7.79. The van der Waals surface area contributed by atoms with Crippen LogP contribution >= 0.6 is 11.8 Å². The Morgan fingerprint density at radius 3 is 2.62 bits per heavy atom. The molecule has 24 heavy (non-hydrogen) atoms. The minimum absolute atomic E-state index is 0.179. The van der Waals surface area contributed by atoms with Crippen LogP contribution in [0.4, 0.5) is 5.69 Å². The first-order valence-corrected chi connectivity index (χ1v) is 9.02. The van der Waals surface area contributed by atoms with Gasteiger partial charge in [0.2, 0.25) is 0 Å². The normalized spacial score (nSPS) is 10.5.